The van der Waals surface area contributed by atoms with Crippen molar-refractivity contribution in [2.45, 2.75) is 25.7 Å². The Balaban J connectivity index is 1.60. The fraction of sp³-hybridized carbons (Fsp3) is 0.300. The zero-order valence-electron chi connectivity index (χ0n) is 13.3. The molecule has 3 heteroatoms. The highest BCUT2D eigenvalue weighted by atomic mass is 16.1. The quantitative estimate of drug-likeness (QED) is 0.828. The first-order valence-electron chi connectivity index (χ1n) is 8.26. The van der Waals surface area contributed by atoms with Crippen LogP contribution < -0.4 is 5.32 Å². The first kappa shape index (κ1) is 15.6. The lowest BCUT2D eigenvalue weighted by Crippen LogP contribution is -2.21. The van der Waals surface area contributed by atoms with Crippen LogP contribution in [0.1, 0.15) is 40.9 Å². The molecular weight excluding hydrogens is 284 g/mol. The average Bonchev–Trinajstić information content (AvgIpc) is 2.63. The van der Waals surface area contributed by atoms with Crippen molar-refractivity contribution < 1.29 is 4.79 Å². The number of pyridine rings is 1. The number of aryl methyl sites for hydroxylation is 1. The van der Waals surface area contributed by atoms with Crippen LogP contribution in [0.25, 0.3) is 5.57 Å². The Morgan fingerprint density at radius 2 is 2.04 bits per heavy atom. The first-order valence-corrected chi connectivity index (χ1v) is 8.26. The van der Waals surface area contributed by atoms with Gasteiger partial charge in [0.05, 0.1) is 0 Å². The highest BCUT2D eigenvalue weighted by Gasteiger charge is 2.11. The van der Waals surface area contributed by atoms with Gasteiger partial charge < -0.3 is 5.32 Å². The molecular formula is C20H22N2O. The largest absolute Gasteiger partial charge is 0.312 e. The number of nitrogens with one attached hydrogen (secondary N) is 1. The van der Waals surface area contributed by atoms with Gasteiger partial charge in [0.2, 0.25) is 0 Å². The molecule has 118 valence electrons. The molecule has 0 amide bonds. The summed E-state index contributed by atoms with van der Waals surface area (Å²) in [6, 6.07) is 14.2. The maximum Gasteiger partial charge on any atom is 0.181 e. The molecule has 0 radical (unpaired) electrons. The van der Waals surface area contributed by atoms with Gasteiger partial charge in [-0.1, -0.05) is 36.4 Å². The monoisotopic (exact) mass is 306 g/mol. The van der Waals surface area contributed by atoms with Crippen molar-refractivity contribution in [2.24, 2.45) is 0 Å². The number of Topliss-reactive ketones (excluding diaryl/α,β-unsaturated/α-hetero) is 1. The lowest BCUT2D eigenvalue weighted by molar-refractivity contribution is 0.0975. The zero-order chi connectivity index (χ0) is 15.9. The van der Waals surface area contributed by atoms with Crippen LogP contribution in [0.15, 0.2) is 54.7 Å². The molecule has 2 aromatic rings. The number of rotatable bonds is 6. The van der Waals surface area contributed by atoms with Gasteiger partial charge >= 0.3 is 0 Å². The molecule has 23 heavy (non-hydrogen) atoms. The average molecular weight is 306 g/mol. The van der Waals surface area contributed by atoms with Crippen LogP contribution in [-0.4, -0.2) is 23.9 Å². The van der Waals surface area contributed by atoms with Crippen LogP contribution in [0, 0.1) is 0 Å². The van der Waals surface area contributed by atoms with E-state index in [4.69, 9.17) is 0 Å². The SMILES string of the molecule is O=C(CCCc1ccccc1)c1cc(C2=CCCNC2)ccn1. The van der Waals surface area contributed by atoms with Crippen LogP contribution in [0.4, 0.5) is 0 Å². The number of hydrogen-bond donors (Lipinski definition) is 1. The molecule has 1 aliphatic rings. The topological polar surface area (TPSA) is 42.0 Å². The van der Waals surface area contributed by atoms with Crippen LogP contribution in [-0.2, 0) is 6.42 Å². The van der Waals surface area contributed by atoms with Crippen molar-refractivity contribution in [1.29, 1.82) is 0 Å². The van der Waals surface area contributed by atoms with Crippen LogP contribution in [0.2, 0.25) is 0 Å². The summed E-state index contributed by atoms with van der Waals surface area (Å²) in [5, 5.41) is 3.36. The normalized spacial score (nSPS) is 14.3. The molecule has 0 bridgehead atoms. The minimum absolute atomic E-state index is 0.132. The molecule has 1 aromatic heterocycles. The Kier molecular flexibility index (Phi) is 5.33. The third-order valence-electron chi connectivity index (χ3n) is 4.16. The number of aromatic nitrogens is 1. The fourth-order valence-electron chi connectivity index (χ4n) is 2.87. The molecule has 1 aromatic carbocycles. The lowest BCUT2D eigenvalue weighted by Gasteiger charge is -2.14. The molecule has 0 spiro atoms. The number of carbonyl (C=O) groups is 1. The van der Waals surface area contributed by atoms with Gasteiger partial charge in [0.25, 0.3) is 0 Å². The number of nitrogens with zero attached hydrogens (tertiary/aromatic N) is 1. The summed E-state index contributed by atoms with van der Waals surface area (Å²) in [6.45, 7) is 1.89. The summed E-state index contributed by atoms with van der Waals surface area (Å²) >= 11 is 0. The molecule has 2 heterocycles. The molecule has 0 unspecified atom stereocenters. The number of benzene rings is 1. The van der Waals surface area contributed by atoms with Gasteiger partial charge in [-0.2, -0.15) is 0 Å². The van der Waals surface area contributed by atoms with Gasteiger partial charge in [-0.3, -0.25) is 9.78 Å². The summed E-state index contributed by atoms with van der Waals surface area (Å²) in [5.74, 6) is 0.132. The Morgan fingerprint density at radius 1 is 1.17 bits per heavy atom. The standard InChI is InChI=1S/C20H22N2O/c23-20(10-4-8-16-6-2-1-3-7-16)19-14-17(11-13-22-19)18-9-5-12-21-15-18/h1-3,6-7,9,11,13-14,21H,4-5,8,10,12,15H2. The lowest BCUT2D eigenvalue weighted by atomic mass is 10.0. The first-order chi connectivity index (χ1) is 11.3. The molecule has 0 saturated heterocycles. The van der Waals surface area contributed by atoms with Gasteiger partial charge in [0.1, 0.15) is 5.69 Å². The second-order valence-electron chi connectivity index (χ2n) is 5.89. The molecule has 1 aliphatic heterocycles. The second-order valence-corrected chi connectivity index (χ2v) is 5.89. The molecule has 3 rings (SSSR count). The molecule has 0 atom stereocenters. The van der Waals surface area contributed by atoms with E-state index in [9.17, 15) is 4.79 Å². The van der Waals surface area contributed by atoms with Crippen molar-refractivity contribution in [1.82, 2.24) is 10.3 Å². The van der Waals surface area contributed by atoms with E-state index in [1.54, 1.807) is 6.20 Å². The summed E-state index contributed by atoms with van der Waals surface area (Å²) in [6.07, 6.45) is 7.37. The third kappa shape index (κ3) is 4.36. The predicted octanol–water partition coefficient (Wildman–Crippen LogP) is 3.66. The Morgan fingerprint density at radius 3 is 2.83 bits per heavy atom. The van der Waals surface area contributed by atoms with E-state index in [-0.39, 0.29) is 5.78 Å². The van der Waals surface area contributed by atoms with Crippen molar-refractivity contribution in [3.05, 3.63) is 71.6 Å². The van der Waals surface area contributed by atoms with Gasteiger partial charge in [0.15, 0.2) is 5.78 Å². The minimum atomic E-state index is 0.132. The van der Waals surface area contributed by atoms with E-state index in [0.717, 1.165) is 37.9 Å². The van der Waals surface area contributed by atoms with E-state index >= 15 is 0 Å². The van der Waals surface area contributed by atoms with E-state index in [1.807, 2.05) is 30.3 Å². The van der Waals surface area contributed by atoms with Crippen molar-refractivity contribution in [3.8, 4) is 0 Å². The Labute approximate surface area is 137 Å². The van der Waals surface area contributed by atoms with E-state index in [1.165, 1.54) is 11.1 Å². The molecule has 0 aliphatic carbocycles. The minimum Gasteiger partial charge on any atom is -0.312 e. The fourth-order valence-corrected chi connectivity index (χ4v) is 2.87. The highest BCUT2D eigenvalue weighted by Crippen LogP contribution is 2.18. The number of ketones is 1. The van der Waals surface area contributed by atoms with Crippen LogP contribution >= 0.6 is 0 Å². The van der Waals surface area contributed by atoms with Crippen molar-refractivity contribution >= 4 is 11.4 Å². The van der Waals surface area contributed by atoms with E-state index in [2.05, 4.69) is 28.5 Å². The third-order valence-corrected chi connectivity index (χ3v) is 4.16. The number of hydrogen-bond acceptors (Lipinski definition) is 3. The molecule has 0 saturated carbocycles. The van der Waals surface area contributed by atoms with Crippen LogP contribution in [0.3, 0.4) is 0 Å². The molecule has 1 N–H and O–H groups in total. The van der Waals surface area contributed by atoms with Crippen LogP contribution in [0.5, 0.6) is 0 Å². The van der Waals surface area contributed by atoms with Gasteiger partial charge in [-0.15, -0.1) is 0 Å². The van der Waals surface area contributed by atoms with E-state index in [0.29, 0.717) is 12.1 Å². The zero-order valence-corrected chi connectivity index (χ0v) is 13.3. The highest BCUT2D eigenvalue weighted by molar-refractivity contribution is 5.95. The van der Waals surface area contributed by atoms with Gasteiger partial charge in [-0.25, -0.2) is 0 Å². The summed E-state index contributed by atoms with van der Waals surface area (Å²) < 4.78 is 0. The van der Waals surface area contributed by atoms with Gasteiger partial charge in [-0.05, 0) is 54.6 Å². The van der Waals surface area contributed by atoms with Crippen molar-refractivity contribution in [3.63, 3.8) is 0 Å². The second kappa shape index (κ2) is 7.84. The summed E-state index contributed by atoms with van der Waals surface area (Å²) in [4.78, 5) is 16.6. The maximum absolute atomic E-state index is 12.4. The summed E-state index contributed by atoms with van der Waals surface area (Å²) in [5.41, 5.74) is 4.23. The smallest absolute Gasteiger partial charge is 0.181 e. The van der Waals surface area contributed by atoms with Crippen molar-refractivity contribution in [2.75, 3.05) is 13.1 Å². The predicted molar refractivity (Wildman–Crippen MR) is 93.4 cm³/mol. The maximum atomic E-state index is 12.4. The van der Waals surface area contributed by atoms with Gasteiger partial charge in [0, 0.05) is 19.2 Å². The molecule has 3 nitrogen and oxygen atoms in total. The Hall–Kier alpha value is -2.26. The summed E-state index contributed by atoms with van der Waals surface area (Å²) in [7, 11) is 0. The molecule has 0 fully saturated rings. The Bertz CT molecular complexity index is 692. The number of carbonyl (C=O) groups excluding carboxylic acids is 1. The van der Waals surface area contributed by atoms with E-state index < -0.39 is 0 Å².